The maximum atomic E-state index is 10.8. The van der Waals surface area contributed by atoms with Crippen molar-refractivity contribution in [1.82, 2.24) is 4.57 Å². The number of carbonyl (C=O) groups is 1. The van der Waals surface area contributed by atoms with E-state index >= 15 is 0 Å². The fourth-order valence-corrected chi connectivity index (χ4v) is 1.71. The van der Waals surface area contributed by atoms with Gasteiger partial charge in [0.25, 0.3) is 5.69 Å². The molecule has 0 radical (unpaired) electrons. The predicted molar refractivity (Wildman–Crippen MR) is 55.8 cm³/mol. The number of rotatable bonds is 2. The topological polar surface area (TPSA) is 65.1 Å². The van der Waals surface area contributed by atoms with Crippen molar-refractivity contribution in [3.8, 4) is 0 Å². The molecule has 0 unspecified atom stereocenters. The summed E-state index contributed by atoms with van der Waals surface area (Å²) in [5.41, 5.74) is 0.302. The minimum atomic E-state index is -0.556. The van der Waals surface area contributed by atoms with Crippen molar-refractivity contribution < 1.29 is 9.72 Å². The first-order valence-electron chi connectivity index (χ1n) is 4.04. The highest BCUT2D eigenvalue weighted by Gasteiger charge is 2.18. The maximum Gasteiger partial charge on any atom is 0.297 e. The summed E-state index contributed by atoms with van der Waals surface area (Å²) in [5, 5.41) is 11.2. The molecule has 0 spiro atoms. The molecule has 5 nitrogen and oxygen atoms in total. The lowest BCUT2D eigenvalue weighted by molar-refractivity contribution is -0.382. The van der Waals surface area contributed by atoms with Gasteiger partial charge in [-0.25, -0.2) is 0 Å². The van der Waals surface area contributed by atoms with Crippen molar-refractivity contribution in [3.63, 3.8) is 0 Å². The molecule has 0 N–H and O–H groups in total. The van der Waals surface area contributed by atoms with Gasteiger partial charge in [0.1, 0.15) is 5.02 Å². The number of nitro groups is 1. The normalized spacial score (nSPS) is 10.5. The van der Waals surface area contributed by atoms with Crippen molar-refractivity contribution in [3.05, 3.63) is 39.5 Å². The third-order valence-corrected chi connectivity index (χ3v) is 2.43. The molecule has 76 valence electrons. The SMILES string of the molecule is O=Cn1ccc2c([N+](=O)[O-])c(Cl)ccc21. The molecule has 2 rings (SSSR count). The van der Waals surface area contributed by atoms with Gasteiger partial charge < -0.3 is 0 Å². The smallest absolute Gasteiger partial charge is 0.290 e. The van der Waals surface area contributed by atoms with Gasteiger partial charge in [0.2, 0.25) is 6.41 Å². The molecular formula is C9H5ClN2O3. The monoisotopic (exact) mass is 224 g/mol. The van der Waals surface area contributed by atoms with Crippen molar-refractivity contribution in [1.29, 1.82) is 0 Å². The first-order chi connectivity index (χ1) is 7.15. The fourth-order valence-electron chi connectivity index (χ4n) is 1.47. The van der Waals surface area contributed by atoms with E-state index < -0.39 is 4.92 Å². The van der Waals surface area contributed by atoms with Gasteiger partial charge in [0.05, 0.1) is 15.8 Å². The Kier molecular flexibility index (Phi) is 2.17. The summed E-state index contributed by atoms with van der Waals surface area (Å²) in [4.78, 5) is 20.8. The highest BCUT2D eigenvalue weighted by Crippen LogP contribution is 2.33. The van der Waals surface area contributed by atoms with E-state index in [1.54, 1.807) is 6.07 Å². The molecule has 1 aromatic heterocycles. The van der Waals surface area contributed by atoms with Gasteiger partial charge in [-0.15, -0.1) is 0 Å². The number of halogens is 1. The van der Waals surface area contributed by atoms with Gasteiger partial charge in [-0.05, 0) is 18.2 Å². The van der Waals surface area contributed by atoms with Crippen molar-refractivity contribution >= 4 is 34.6 Å². The van der Waals surface area contributed by atoms with E-state index in [1.165, 1.54) is 22.9 Å². The summed E-state index contributed by atoms with van der Waals surface area (Å²) < 4.78 is 1.26. The van der Waals surface area contributed by atoms with Gasteiger partial charge in [0, 0.05) is 6.20 Å². The van der Waals surface area contributed by atoms with Crippen LogP contribution in [0.25, 0.3) is 10.9 Å². The molecule has 2 aromatic rings. The second-order valence-corrected chi connectivity index (χ2v) is 3.32. The average Bonchev–Trinajstić information content (AvgIpc) is 2.59. The van der Waals surface area contributed by atoms with E-state index in [4.69, 9.17) is 11.6 Å². The number of nitrogens with zero attached hydrogens (tertiary/aromatic N) is 2. The maximum absolute atomic E-state index is 10.8. The Morgan fingerprint density at radius 2 is 2.13 bits per heavy atom. The van der Waals surface area contributed by atoms with Crippen molar-refractivity contribution in [2.75, 3.05) is 0 Å². The lowest BCUT2D eigenvalue weighted by Gasteiger charge is -1.98. The lowest BCUT2D eigenvalue weighted by Crippen LogP contribution is -1.93. The lowest BCUT2D eigenvalue weighted by atomic mass is 10.2. The molecule has 0 fully saturated rings. The second kappa shape index (κ2) is 3.36. The molecule has 0 saturated heterocycles. The molecule has 6 heteroatoms. The van der Waals surface area contributed by atoms with Crippen LogP contribution in [-0.2, 0) is 4.79 Å². The van der Waals surface area contributed by atoms with Crippen LogP contribution in [0.1, 0.15) is 0 Å². The predicted octanol–water partition coefficient (Wildman–Crippen LogP) is 2.24. The van der Waals surface area contributed by atoms with Gasteiger partial charge in [-0.3, -0.25) is 19.5 Å². The summed E-state index contributed by atoms with van der Waals surface area (Å²) in [5.74, 6) is 0. The first-order valence-corrected chi connectivity index (χ1v) is 4.41. The third-order valence-electron chi connectivity index (χ3n) is 2.12. The number of hydrogen-bond donors (Lipinski definition) is 0. The van der Waals surface area contributed by atoms with Crippen LogP contribution in [0.5, 0.6) is 0 Å². The summed E-state index contributed by atoms with van der Waals surface area (Å²) >= 11 is 5.71. The Morgan fingerprint density at radius 3 is 2.73 bits per heavy atom. The van der Waals surface area contributed by atoms with Gasteiger partial charge >= 0.3 is 0 Å². The Hall–Kier alpha value is -1.88. The zero-order valence-electron chi connectivity index (χ0n) is 7.38. The molecule has 0 amide bonds. The number of fused-ring (bicyclic) bond motifs is 1. The highest BCUT2D eigenvalue weighted by molar-refractivity contribution is 6.34. The minimum Gasteiger partial charge on any atom is -0.290 e. The number of aromatic nitrogens is 1. The van der Waals surface area contributed by atoms with E-state index in [0.29, 0.717) is 17.3 Å². The van der Waals surface area contributed by atoms with Crippen LogP contribution in [0, 0.1) is 10.1 Å². The van der Waals surface area contributed by atoms with Crippen molar-refractivity contribution in [2.24, 2.45) is 0 Å². The fraction of sp³-hybridized carbons (Fsp3) is 0. The Labute approximate surface area is 89.0 Å². The van der Waals surface area contributed by atoms with Gasteiger partial charge in [-0.1, -0.05) is 11.6 Å². The molecule has 0 aliphatic heterocycles. The van der Waals surface area contributed by atoms with Crippen LogP contribution < -0.4 is 0 Å². The quantitative estimate of drug-likeness (QED) is 0.446. The molecule has 0 aliphatic carbocycles. The number of benzene rings is 1. The van der Waals surface area contributed by atoms with E-state index in [0.717, 1.165) is 0 Å². The van der Waals surface area contributed by atoms with E-state index in [9.17, 15) is 14.9 Å². The second-order valence-electron chi connectivity index (χ2n) is 2.91. The molecule has 1 aromatic carbocycles. The minimum absolute atomic E-state index is 0.0659. The van der Waals surface area contributed by atoms with Crippen LogP contribution in [0.15, 0.2) is 24.4 Å². The van der Waals surface area contributed by atoms with E-state index in [1.807, 2.05) is 0 Å². The van der Waals surface area contributed by atoms with Gasteiger partial charge in [-0.2, -0.15) is 0 Å². The number of hydrogen-bond acceptors (Lipinski definition) is 3. The Morgan fingerprint density at radius 1 is 1.40 bits per heavy atom. The van der Waals surface area contributed by atoms with Crippen molar-refractivity contribution in [2.45, 2.75) is 0 Å². The number of carbonyl (C=O) groups excluding carboxylic acids is 1. The number of nitro benzene ring substituents is 1. The summed E-state index contributed by atoms with van der Waals surface area (Å²) in [6, 6.07) is 4.47. The first kappa shape index (κ1) is 9.67. The van der Waals surface area contributed by atoms with Crippen LogP contribution >= 0.6 is 11.6 Å². The average molecular weight is 225 g/mol. The summed E-state index contributed by atoms with van der Waals surface area (Å²) in [6.45, 7) is 0. The zero-order valence-corrected chi connectivity index (χ0v) is 8.14. The standard InChI is InChI=1S/C9H5ClN2O3/c10-7-1-2-8-6(9(7)12(14)15)3-4-11(8)5-13/h1-5H. The van der Waals surface area contributed by atoms with Crippen LogP contribution in [0.3, 0.4) is 0 Å². The molecular weight excluding hydrogens is 220 g/mol. The molecule has 1 heterocycles. The van der Waals surface area contributed by atoms with E-state index in [2.05, 4.69) is 0 Å². The summed E-state index contributed by atoms with van der Waals surface area (Å²) in [6.07, 6.45) is 2.04. The Balaban J connectivity index is 2.88. The Bertz CT molecular complexity index is 562. The zero-order chi connectivity index (χ0) is 11.0. The van der Waals surface area contributed by atoms with E-state index in [-0.39, 0.29) is 10.7 Å². The highest BCUT2D eigenvalue weighted by atomic mass is 35.5. The summed E-state index contributed by atoms with van der Waals surface area (Å²) in [7, 11) is 0. The molecule has 0 bridgehead atoms. The van der Waals surface area contributed by atoms with Crippen LogP contribution in [-0.4, -0.2) is 15.9 Å². The molecule has 0 atom stereocenters. The molecule has 15 heavy (non-hydrogen) atoms. The third kappa shape index (κ3) is 1.37. The molecule has 0 saturated carbocycles. The van der Waals surface area contributed by atoms with Crippen LogP contribution in [0.4, 0.5) is 5.69 Å². The van der Waals surface area contributed by atoms with Crippen LogP contribution in [0.2, 0.25) is 5.02 Å². The largest absolute Gasteiger partial charge is 0.297 e. The van der Waals surface area contributed by atoms with Gasteiger partial charge in [0.15, 0.2) is 0 Å². The molecule has 0 aliphatic rings.